The van der Waals surface area contributed by atoms with Crippen molar-refractivity contribution in [2.45, 2.75) is 39.0 Å². The Bertz CT molecular complexity index is 298. The smallest absolute Gasteiger partial charge is 0.0934 e. The van der Waals surface area contributed by atoms with Crippen molar-refractivity contribution < 1.29 is 5.11 Å². The predicted octanol–water partition coefficient (Wildman–Crippen LogP) is 2.41. The summed E-state index contributed by atoms with van der Waals surface area (Å²) in [6.45, 7) is 2.46. The molecule has 1 N–H and O–H groups in total. The van der Waals surface area contributed by atoms with E-state index < -0.39 is 0 Å². The van der Waals surface area contributed by atoms with Crippen LogP contribution in [0.3, 0.4) is 0 Å². The fourth-order valence-corrected chi connectivity index (χ4v) is 3.03. The minimum Gasteiger partial charge on any atom is -0.396 e. The zero-order valence-corrected chi connectivity index (χ0v) is 9.44. The lowest BCUT2D eigenvalue weighted by Crippen LogP contribution is -2.35. The summed E-state index contributed by atoms with van der Waals surface area (Å²) in [7, 11) is 0. The highest BCUT2D eigenvalue weighted by Gasteiger charge is 2.37. The van der Waals surface area contributed by atoms with E-state index in [4.69, 9.17) is 0 Å². The third kappa shape index (κ3) is 1.84. The number of nitrogens with zero attached hydrogens (tertiary/aromatic N) is 1. The summed E-state index contributed by atoms with van der Waals surface area (Å²) in [5.74, 6) is 0. The van der Waals surface area contributed by atoms with Crippen LogP contribution >= 0.6 is 11.3 Å². The van der Waals surface area contributed by atoms with Crippen molar-refractivity contribution >= 4 is 11.3 Å². The Hall–Kier alpha value is -0.410. The molecule has 0 radical (unpaired) electrons. The monoisotopic (exact) mass is 211 g/mol. The number of aliphatic hydroxyl groups is 1. The van der Waals surface area contributed by atoms with E-state index in [9.17, 15) is 5.11 Å². The molecule has 1 heterocycles. The number of aromatic nitrogens is 1. The predicted molar refractivity (Wildman–Crippen MR) is 58.6 cm³/mol. The van der Waals surface area contributed by atoms with Crippen LogP contribution in [0.1, 0.15) is 36.9 Å². The zero-order valence-electron chi connectivity index (χ0n) is 8.62. The van der Waals surface area contributed by atoms with Crippen LogP contribution in [-0.2, 0) is 12.8 Å². The van der Waals surface area contributed by atoms with E-state index in [0.717, 1.165) is 12.8 Å². The molecule has 0 aliphatic heterocycles. The topological polar surface area (TPSA) is 33.1 Å². The van der Waals surface area contributed by atoms with Gasteiger partial charge >= 0.3 is 0 Å². The fourth-order valence-electron chi connectivity index (χ4n) is 1.98. The van der Waals surface area contributed by atoms with Crippen LogP contribution in [0.4, 0.5) is 0 Å². The summed E-state index contributed by atoms with van der Waals surface area (Å²) >= 11 is 1.74. The molecule has 1 aliphatic carbocycles. The van der Waals surface area contributed by atoms with Gasteiger partial charge in [-0.2, -0.15) is 0 Å². The van der Waals surface area contributed by atoms with Gasteiger partial charge in [0.1, 0.15) is 0 Å². The number of hydrogen-bond donors (Lipinski definition) is 1. The summed E-state index contributed by atoms with van der Waals surface area (Å²) in [4.78, 5) is 4.55. The van der Waals surface area contributed by atoms with Gasteiger partial charge in [-0.15, -0.1) is 11.3 Å². The van der Waals surface area contributed by atoms with Crippen LogP contribution in [0.5, 0.6) is 0 Å². The van der Waals surface area contributed by atoms with Crippen molar-refractivity contribution in [1.29, 1.82) is 0 Å². The first kappa shape index (κ1) is 10.1. The molecule has 0 amide bonds. The molecule has 0 bridgehead atoms. The molecular formula is C11H17NOS. The van der Waals surface area contributed by atoms with Gasteiger partial charge in [-0.05, 0) is 24.7 Å². The highest BCUT2D eigenvalue weighted by atomic mass is 32.1. The molecule has 2 rings (SSSR count). The van der Waals surface area contributed by atoms with Crippen LogP contribution < -0.4 is 0 Å². The van der Waals surface area contributed by atoms with Crippen LogP contribution in [0.15, 0.2) is 5.38 Å². The van der Waals surface area contributed by atoms with Gasteiger partial charge in [0.25, 0.3) is 0 Å². The van der Waals surface area contributed by atoms with E-state index in [2.05, 4.69) is 17.3 Å². The van der Waals surface area contributed by atoms with E-state index in [1.54, 1.807) is 11.3 Å². The summed E-state index contributed by atoms with van der Waals surface area (Å²) in [5.41, 5.74) is 1.38. The highest BCUT2D eigenvalue weighted by molar-refractivity contribution is 7.09. The van der Waals surface area contributed by atoms with Crippen molar-refractivity contribution in [3.63, 3.8) is 0 Å². The van der Waals surface area contributed by atoms with Gasteiger partial charge in [-0.1, -0.05) is 13.3 Å². The summed E-state index contributed by atoms with van der Waals surface area (Å²) in [6, 6.07) is 0. The van der Waals surface area contributed by atoms with Gasteiger partial charge in [0, 0.05) is 18.4 Å². The molecule has 2 nitrogen and oxygen atoms in total. The first-order valence-electron chi connectivity index (χ1n) is 5.32. The number of thiazole rings is 1. The number of hydrogen-bond acceptors (Lipinski definition) is 3. The SMILES string of the molecule is CCc1csc(CC2(CO)CCC2)n1. The number of aryl methyl sites for hydroxylation is 1. The summed E-state index contributed by atoms with van der Waals surface area (Å²) < 4.78 is 0. The van der Waals surface area contributed by atoms with Crippen LogP contribution in [-0.4, -0.2) is 16.7 Å². The first-order chi connectivity index (χ1) is 6.78. The lowest BCUT2D eigenvalue weighted by atomic mass is 9.67. The summed E-state index contributed by atoms with van der Waals surface area (Å²) in [6.07, 6.45) is 5.61. The second-order valence-electron chi connectivity index (χ2n) is 4.27. The Morgan fingerprint density at radius 3 is 2.79 bits per heavy atom. The number of rotatable bonds is 4. The standard InChI is InChI=1S/C11H17NOS/c1-2-9-7-14-10(12-9)6-11(8-13)4-3-5-11/h7,13H,2-6,8H2,1H3. The van der Waals surface area contributed by atoms with Crippen molar-refractivity contribution in [3.05, 3.63) is 16.1 Å². The van der Waals surface area contributed by atoms with Crippen molar-refractivity contribution in [3.8, 4) is 0 Å². The van der Waals surface area contributed by atoms with Gasteiger partial charge in [0.2, 0.25) is 0 Å². The molecule has 1 saturated carbocycles. The van der Waals surface area contributed by atoms with Gasteiger partial charge in [-0.25, -0.2) is 4.98 Å². The van der Waals surface area contributed by atoms with E-state index in [1.165, 1.54) is 30.0 Å². The average Bonchev–Trinajstić information content (AvgIpc) is 2.59. The Balaban J connectivity index is 2.02. The van der Waals surface area contributed by atoms with Crippen LogP contribution in [0.25, 0.3) is 0 Å². The van der Waals surface area contributed by atoms with E-state index in [1.807, 2.05) is 0 Å². The molecule has 0 unspecified atom stereocenters. The Labute approximate surface area is 89.0 Å². The fraction of sp³-hybridized carbons (Fsp3) is 0.727. The number of aliphatic hydroxyl groups excluding tert-OH is 1. The maximum absolute atomic E-state index is 9.34. The average molecular weight is 211 g/mol. The van der Waals surface area contributed by atoms with Gasteiger partial charge in [-0.3, -0.25) is 0 Å². The Morgan fingerprint density at radius 1 is 1.57 bits per heavy atom. The van der Waals surface area contributed by atoms with Gasteiger partial charge < -0.3 is 5.11 Å². The second-order valence-corrected chi connectivity index (χ2v) is 5.22. The van der Waals surface area contributed by atoms with Crippen molar-refractivity contribution in [2.75, 3.05) is 6.61 Å². The normalized spacial score (nSPS) is 19.3. The molecule has 3 heteroatoms. The minimum absolute atomic E-state index is 0.183. The van der Waals surface area contributed by atoms with Crippen molar-refractivity contribution in [2.24, 2.45) is 5.41 Å². The largest absolute Gasteiger partial charge is 0.396 e. The Morgan fingerprint density at radius 2 is 2.36 bits per heavy atom. The van der Waals surface area contributed by atoms with E-state index >= 15 is 0 Å². The summed E-state index contributed by atoms with van der Waals surface area (Å²) in [5, 5.41) is 12.7. The van der Waals surface area contributed by atoms with Gasteiger partial charge in [0.15, 0.2) is 0 Å². The molecule has 1 aromatic rings. The second kappa shape index (κ2) is 3.99. The van der Waals surface area contributed by atoms with Crippen LogP contribution in [0.2, 0.25) is 0 Å². The van der Waals surface area contributed by atoms with E-state index in [0.29, 0.717) is 6.61 Å². The van der Waals surface area contributed by atoms with Crippen LogP contribution in [0, 0.1) is 5.41 Å². The lowest BCUT2D eigenvalue weighted by Gasteiger charge is -2.39. The lowest BCUT2D eigenvalue weighted by molar-refractivity contribution is 0.0449. The third-order valence-electron chi connectivity index (χ3n) is 3.24. The quantitative estimate of drug-likeness (QED) is 0.829. The van der Waals surface area contributed by atoms with Gasteiger partial charge in [0.05, 0.1) is 10.7 Å². The molecular weight excluding hydrogens is 194 g/mol. The highest BCUT2D eigenvalue weighted by Crippen LogP contribution is 2.43. The molecule has 1 aromatic heterocycles. The molecule has 78 valence electrons. The third-order valence-corrected chi connectivity index (χ3v) is 4.14. The Kier molecular flexibility index (Phi) is 2.88. The maximum Gasteiger partial charge on any atom is 0.0934 e. The van der Waals surface area contributed by atoms with E-state index in [-0.39, 0.29) is 5.41 Å². The molecule has 0 saturated heterocycles. The maximum atomic E-state index is 9.34. The first-order valence-corrected chi connectivity index (χ1v) is 6.20. The molecule has 1 fully saturated rings. The molecule has 0 atom stereocenters. The molecule has 0 aromatic carbocycles. The molecule has 14 heavy (non-hydrogen) atoms. The van der Waals surface area contributed by atoms with Crippen molar-refractivity contribution in [1.82, 2.24) is 4.98 Å². The minimum atomic E-state index is 0.183. The zero-order chi connectivity index (χ0) is 10.0. The molecule has 1 aliphatic rings. The molecule has 0 spiro atoms.